The van der Waals surface area contributed by atoms with E-state index in [-0.39, 0.29) is 64.7 Å². The number of carboxylic acid groups (broad SMARTS) is 2. The molecule has 0 saturated heterocycles. The van der Waals surface area contributed by atoms with Gasteiger partial charge >= 0.3 is 11.9 Å². The van der Waals surface area contributed by atoms with Gasteiger partial charge in [0.05, 0.1) is 12.2 Å². The molecule has 0 spiro atoms. The summed E-state index contributed by atoms with van der Waals surface area (Å²) in [5.74, 6) is -2.75. The van der Waals surface area contributed by atoms with Crippen molar-refractivity contribution in [3.63, 3.8) is 0 Å². The van der Waals surface area contributed by atoms with E-state index < -0.39 is 24.1 Å². The van der Waals surface area contributed by atoms with Crippen molar-refractivity contribution < 1.29 is 24.9 Å². The Balaban J connectivity index is -0.000000500. The van der Waals surface area contributed by atoms with Crippen LogP contribution in [0.2, 0.25) is 0 Å². The van der Waals surface area contributed by atoms with Crippen LogP contribution in [-0.2, 0) is 9.59 Å². The molecule has 0 amide bonds. The topological polar surface area (TPSA) is 94.8 Å². The van der Waals surface area contributed by atoms with Gasteiger partial charge in [0.25, 0.3) is 0 Å². The molecule has 0 aromatic carbocycles. The smallest absolute Gasteiger partial charge is 0.334 e. The van der Waals surface area contributed by atoms with E-state index in [1.807, 2.05) is 0 Å². The molecule has 7 heteroatoms. The Hall–Kier alpha value is 0.640. The molecule has 0 saturated carbocycles. The van der Waals surface area contributed by atoms with Crippen LogP contribution in [0.4, 0.5) is 0 Å². The SMILES string of the molecule is CC(C(=O)O)=C(CO)C(=O)O.[Na].[Na]. The number of carbonyl (C=O) groups is 2. The number of carboxylic acids is 2. The number of aliphatic hydroxyl groups is 1. The first kappa shape index (κ1) is 19.2. The van der Waals surface area contributed by atoms with E-state index in [0.29, 0.717) is 0 Å². The largest absolute Gasteiger partial charge is 0.478 e. The van der Waals surface area contributed by atoms with Gasteiger partial charge in [-0.3, -0.25) is 0 Å². The summed E-state index contributed by atoms with van der Waals surface area (Å²) in [7, 11) is 0. The van der Waals surface area contributed by atoms with E-state index >= 15 is 0 Å². The second kappa shape index (κ2) is 9.21. The summed E-state index contributed by atoms with van der Waals surface area (Å²) in [6, 6.07) is 0. The Kier molecular flexibility index (Phi) is 13.6. The summed E-state index contributed by atoms with van der Waals surface area (Å²) in [5, 5.41) is 25.0. The average Bonchev–Trinajstić information content (AvgIpc) is 1.88. The van der Waals surface area contributed by atoms with E-state index in [0.717, 1.165) is 6.92 Å². The van der Waals surface area contributed by atoms with Gasteiger partial charge in [-0.1, -0.05) is 0 Å². The van der Waals surface area contributed by atoms with Gasteiger partial charge in [0, 0.05) is 64.7 Å². The third-order valence-electron chi connectivity index (χ3n) is 1.19. The molecule has 0 bridgehead atoms. The zero-order valence-electron chi connectivity index (χ0n) is 7.87. The van der Waals surface area contributed by atoms with E-state index in [4.69, 9.17) is 15.3 Å². The Morgan fingerprint density at radius 2 is 1.46 bits per heavy atom. The van der Waals surface area contributed by atoms with Crippen LogP contribution >= 0.6 is 0 Å². The monoisotopic (exact) mass is 206 g/mol. The van der Waals surface area contributed by atoms with Crippen LogP contribution in [0.15, 0.2) is 11.1 Å². The van der Waals surface area contributed by atoms with Crippen molar-refractivity contribution in [3.8, 4) is 0 Å². The molecule has 0 fully saturated rings. The Bertz CT molecular complexity index is 223. The number of hydrogen-bond donors (Lipinski definition) is 3. The summed E-state index contributed by atoms with van der Waals surface area (Å²) in [4.78, 5) is 20.4. The maximum Gasteiger partial charge on any atom is 0.334 e. The fraction of sp³-hybridized carbons (Fsp3) is 0.333. The fourth-order valence-corrected chi connectivity index (χ4v) is 0.476. The summed E-state index contributed by atoms with van der Waals surface area (Å²) >= 11 is 0. The van der Waals surface area contributed by atoms with Crippen molar-refractivity contribution in [3.05, 3.63) is 11.1 Å². The molecule has 0 aliphatic carbocycles. The van der Waals surface area contributed by atoms with E-state index in [1.54, 1.807) is 0 Å². The number of aliphatic hydroxyl groups excluding tert-OH is 1. The molecule has 0 aliphatic heterocycles. The third-order valence-corrected chi connectivity index (χ3v) is 1.19. The minimum Gasteiger partial charge on any atom is -0.478 e. The number of rotatable bonds is 3. The standard InChI is InChI=1S/C6H8O5.2Na/c1-3(5(8)9)4(2-7)6(10)11;;/h7H,2H2,1H3,(H,8,9)(H,10,11);;. The first-order chi connectivity index (χ1) is 5.00. The summed E-state index contributed by atoms with van der Waals surface area (Å²) in [5.41, 5.74) is -0.836. The van der Waals surface area contributed by atoms with Crippen LogP contribution in [0.5, 0.6) is 0 Å². The molecule has 0 aromatic heterocycles. The molecule has 3 N–H and O–H groups in total. The third kappa shape index (κ3) is 6.68. The van der Waals surface area contributed by atoms with Crippen LogP contribution in [0.3, 0.4) is 0 Å². The minimum atomic E-state index is -1.41. The van der Waals surface area contributed by atoms with Crippen molar-refractivity contribution in [2.45, 2.75) is 6.92 Å². The van der Waals surface area contributed by atoms with Gasteiger partial charge in [0.1, 0.15) is 0 Å². The maximum atomic E-state index is 10.2. The maximum absolute atomic E-state index is 10.2. The number of aliphatic carboxylic acids is 2. The van der Waals surface area contributed by atoms with Crippen molar-refractivity contribution in [2.24, 2.45) is 0 Å². The average molecular weight is 206 g/mol. The van der Waals surface area contributed by atoms with Gasteiger partial charge in [-0.15, -0.1) is 0 Å². The van der Waals surface area contributed by atoms with E-state index in [1.165, 1.54) is 0 Å². The van der Waals surface area contributed by atoms with Crippen molar-refractivity contribution in [1.29, 1.82) is 0 Å². The first-order valence-corrected chi connectivity index (χ1v) is 2.78. The summed E-state index contributed by atoms with van der Waals surface area (Å²) in [6.45, 7) is 0.357. The number of hydrogen-bond acceptors (Lipinski definition) is 3. The van der Waals surface area contributed by atoms with Gasteiger partial charge in [-0.2, -0.15) is 0 Å². The fourth-order valence-electron chi connectivity index (χ4n) is 0.476. The van der Waals surface area contributed by atoms with Gasteiger partial charge in [-0.25, -0.2) is 9.59 Å². The molecule has 0 unspecified atom stereocenters. The molecular weight excluding hydrogens is 198 g/mol. The second-order valence-electron chi connectivity index (χ2n) is 1.87. The van der Waals surface area contributed by atoms with E-state index in [9.17, 15) is 9.59 Å². The van der Waals surface area contributed by atoms with E-state index in [2.05, 4.69) is 0 Å². The minimum absolute atomic E-state index is 0. The first-order valence-electron chi connectivity index (χ1n) is 2.78. The van der Waals surface area contributed by atoms with Crippen LogP contribution in [0.1, 0.15) is 6.92 Å². The molecule has 13 heavy (non-hydrogen) atoms. The van der Waals surface area contributed by atoms with Crippen molar-refractivity contribution in [2.75, 3.05) is 6.61 Å². The Morgan fingerprint density at radius 1 is 1.08 bits per heavy atom. The van der Waals surface area contributed by atoms with Crippen LogP contribution in [0.25, 0.3) is 0 Å². The van der Waals surface area contributed by atoms with Crippen molar-refractivity contribution in [1.82, 2.24) is 0 Å². The van der Waals surface area contributed by atoms with Gasteiger partial charge in [-0.05, 0) is 6.92 Å². The predicted octanol–water partition coefficient (Wildman–Crippen LogP) is -1.30. The summed E-state index contributed by atoms with van der Waals surface area (Å²) < 4.78 is 0. The molecule has 2 radical (unpaired) electrons. The molecule has 0 rings (SSSR count). The molecule has 0 aromatic rings. The molecule has 0 atom stereocenters. The Morgan fingerprint density at radius 3 is 1.54 bits per heavy atom. The van der Waals surface area contributed by atoms with Crippen molar-refractivity contribution >= 4 is 71.1 Å². The van der Waals surface area contributed by atoms with Crippen LogP contribution in [0, 0.1) is 0 Å². The molecule has 0 aliphatic rings. The summed E-state index contributed by atoms with van der Waals surface area (Å²) in [6.07, 6.45) is 0. The molecule has 5 nitrogen and oxygen atoms in total. The zero-order valence-corrected chi connectivity index (χ0v) is 11.9. The molecular formula is C6H8Na2O5. The zero-order chi connectivity index (χ0) is 9.02. The Labute approximate surface area is 119 Å². The predicted molar refractivity (Wildman–Crippen MR) is 46.6 cm³/mol. The van der Waals surface area contributed by atoms with Crippen LogP contribution in [-0.4, -0.2) is 93.0 Å². The normalized spacial score (nSPS) is 10.3. The second-order valence-corrected chi connectivity index (χ2v) is 1.87. The quantitative estimate of drug-likeness (QED) is 0.394. The van der Waals surface area contributed by atoms with Gasteiger partial charge in [0.15, 0.2) is 0 Å². The van der Waals surface area contributed by atoms with Crippen LogP contribution < -0.4 is 0 Å². The van der Waals surface area contributed by atoms with Gasteiger partial charge < -0.3 is 15.3 Å². The molecule has 0 heterocycles. The van der Waals surface area contributed by atoms with Gasteiger partial charge in [0.2, 0.25) is 0 Å². The molecule has 64 valence electrons.